The standard InChI is InChI=1S/C11H13F4N3/c1-18(5-4-11(13,14)15)9-3-2-7(10(16)17)6-8(9)12/h2-3,6H,4-5H2,1H3,(H3,16,17). The van der Waals surface area contributed by atoms with Gasteiger partial charge < -0.3 is 10.6 Å². The second-order valence-electron chi connectivity index (χ2n) is 3.87. The van der Waals surface area contributed by atoms with E-state index in [-0.39, 0.29) is 23.6 Å². The van der Waals surface area contributed by atoms with Crippen molar-refractivity contribution >= 4 is 11.5 Å². The van der Waals surface area contributed by atoms with Crippen LogP contribution in [0.15, 0.2) is 18.2 Å². The summed E-state index contributed by atoms with van der Waals surface area (Å²) in [7, 11) is 1.37. The third-order valence-electron chi connectivity index (χ3n) is 2.40. The summed E-state index contributed by atoms with van der Waals surface area (Å²) < 4.78 is 49.7. The van der Waals surface area contributed by atoms with Crippen LogP contribution >= 0.6 is 0 Å². The molecule has 0 saturated heterocycles. The van der Waals surface area contributed by atoms with Crippen LogP contribution in [0.3, 0.4) is 0 Å². The molecular formula is C11H13F4N3. The van der Waals surface area contributed by atoms with E-state index in [1.165, 1.54) is 24.1 Å². The summed E-state index contributed by atoms with van der Waals surface area (Å²) in [6.07, 6.45) is -5.29. The maximum atomic E-state index is 13.6. The minimum Gasteiger partial charge on any atom is -0.384 e. The van der Waals surface area contributed by atoms with E-state index >= 15 is 0 Å². The molecule has 0 bridgehead atoms. The maximum absolute atomic E-state index is 13.6. The molecule has 1 rings (SSSR count). The van der Waals surface area contributed by atoms with Gasteiger partial charge in [0, 0.05) is 19.2 Å². The van der Waals surface area contributed by atoms with Crippen LogP contribution in [0.2, 0.25) is 0 Å². The lowest BCUT2D eigenvalue weighted by atomic mass is 10.1. The van der Waals surface area contributed by atoms with Gasteiger partial charge in [-0.3, -0.25) is 5.41 Å². The van der Waals surface area contributed by atoms with Gasteiger partial charge in [0.1, 0.15) is 11.7 Å². The highest BCUT2D eigenvalue weighted by atomic mass is 19.4. The Hall–Kier alpha value is -1.79. The van der Waals surface area contributed by atoms with Gasteiger partial charge in [0.05, 0.1) is 12.1 Å². The number of nitrogen functional groups attached to an aromatic ring is 1. The predicted octanol–water partition coefficient (Wildman–Crippen LogP) is 2.50. The SMILES string of the molecule is CN(CCC(F)(F)F)c1ccc(C(=N)N)cc1F. The zero-order valence-corrected chi connectivity index (χ0v) is 9.68. The lowest BCUT2D eigenvalue weighted by molar-refractivity contribution is -0.132. The molecule has 1 aromatic carbocycles. The highest BCUT2D eigenvalue weighted by Crippen LogP contribution is 2.23. The molecule has 0 aliphatic heterocycles. The number of halogens is 4. The van der Waals surface area contributed by atoms with Crippen molar-refractivity contribution in [3.63, 3.8) is 0 Å². The fraction of sp³-hybridized carbons (Fsp3) is 0.364. The molecule has 0 spiro atoms. The van der Waals surface area contributed by atoms with Gasteiger partial charge in [0.2, 0.25) is 0 Å². The summed E-state index contributed by atoms with van der Waals surface area (Å²) in [5.41, 5.74) is 5.42. The van der Waals surface area contributed by atoms with Crippen molar-refractivity contribution in [2.75, 3.05) is 18.5 Å². The second-order valence-corrected chi connectivity index (χ2v) is 3.87. The van der Waals surface area contributed by atoms with E-state index < -0.39 is 18.4 Å². The summed E-state index contributed by atoms with van der Waals surface area (Å²) in [6.45, 7) is -0.333. The van der Waals surface area contributed by atoms with Gasteiger partial charge in [-0.1, -0.05) is 0 Å². The van der Waals surface area contributed by atoms with Crippen molar-refractivity contribution < 1.29 is 17.6 Å². The van der Waals surface area contributed by atoms with Gasteiger partial charge in [-0.15, -0.1) is 0 Å². The number of nitrogens with one attached hydrogen (secondary N) is 1. The largest absolute Gasteiger partial charge is 0.390 e. The fourth-order valence-corrected chi connectivity index (χ4v) is 1.40. The van der Waals surface area contributed by atoms with Crippen LogP contribution in [0.5, 0.6) is 0 Å². The van der Waals surface area contributed by atoms with Crippen LogP contribution < -0.4 is 10.6 Å². The van der Waals surface area contributed by atoms with Crippen molar-refractivity contribution in [3.05, 3.63) is 29.6 Å². The minimum atomic E-state index is -4.27. The Kier molecular flexibility index (Phi) is 4.15. The molecule has 1 aromatic rings. The van der Waals surface area contributed by atoms with Crippen LogP contribution in [0.4, 0.5) is 23.2 Å². The summed E-state index contributed by atoms with van der Waals surface area (Å²) in [4.78, 5) is 1.17. The molecule has 0 atom stereocenters. The molecule has 100 valence electrons. The third kappa shape index (κ3) is 3.90. The van der Waals surface area contributed by atoms with Crippen LogP contribution in [0.25, 0.3) is 0 Å². The molecule has 0 fully saturated rings. The lowest BCUT2D eigenvalue weighted by Gasteiger charge is -2.21. The number of amidine groups is 1. The van der Waals surface area contributed by atoms with Crippen molar-refractivity contribution in [1.29, 1.82) is 5.41 Å². The minimum absolute atomic E-state index is 0.0456. The summed E-state index contributed by atoms with van der Waals surface area (Å²) in [5, 5.41) is 7.12. The van der Waals surface area contributed by atoms with Crippen molar-refractivity contribution in [1.82, 2.24) is 0 Å². The number of hydrogen-bond acceptors (Lipinski definition) is 2. The maximum Gasteiger partial charge on any atom is 0.390 e. The van der Waals surface area contributed by atoms with Crippen LogP contribution in [-0.2, 0) is 0 Å². The van der Waals surface area contributed by atoms with Crippen molar-refractivity contribution in [2.24, 2.45) is 5.73 Å². The van der Waals surface area contributed by atoms with Gasteiger partial charge in [-0.2, -0.15) is 13.2 Å². The number of anilines is 1. The monoisotopic (exact) mass is 263 g/mol. The molecule has 0 amide bonds. The molecule has 0 aliphatic rings. The number of rotatable bonds is 4. The van der Waals surface area contributed by atoms with Gasteiger partial charge in [0.25, 0.3) is 0 Å². The van der Waals surface area contributed by atoms with E-state index in [1.807, 2.05) is 0 Å². The Labute approximate surface area is 102 Å². The highest BCUT2D eigenvalue weighted by Gasteiger charge is 2.27. The van der Waals surface area contributed by atoms with Crippen LogP contribution in [0.1, 0.15) is 12.0 Å². The Morgan fingerprint density at radius 2 is 2.00 bits per heavy atom. The third-order valence-corrected chi connectivity index (χ3v) is 2.40. The lowest BCUT2D eigenvalue weighted by Crippen LogP contribution is -2.25. The Balaban J connectivity index is 2.80. The first-order valence-electron chi connectivity index (χ1n) is 5.12. The first-order chi connectivity index (χ1) is 8.20. The molecule has 18 heavy (non-hydrogen) atoms. The Morgan fingerprint density at radius 3 is 2.44 bits per heavy atom. The van der Waals surface area contributed by atoms with Crippen molar-refractivity contribution in [2.45, 2.75) is 12.6 Å². The summed E-state index contributed by atoms with van der Waals surface area (Å²) in [5.74, 6) is -0.995. The number of alkyl halides is 3. The number of hydrogen-bond donors (Lipinski definition) is 2. The molecule has 3 nitrogen and oxygen atoms in total. The van der Waals surface area contributed by atoms with E-state index in [0.29, 0.717) is 0 Å². The molecule has 7 heteroatoms. The second kappa shape index (κ2) is 5.24. The van der Waals surface area contributed by atoms with E-state index in [0.717, 1.165) is 6.07 Å². The Bertz CT molecular complexity index is 442. The average molecular weight is 263 g/mol. The fourth-order valence-electron chi connectivity index (χ4n) is 1.40. The van der Waals surface area contributed by atoms with E-state index in [4.69, 9.17) is 11.1 Å². The normalized spacial score (nSPS) is 11.4. The highest BCUT2D eigenvalue weighted by molar-refractivity contribution is 5.95. The molecule has 0 unspecified atom stereocenters. The van der Waals surface area contributed by atoms with Gasteiger partial charge in [-0.25, -0.2) is 4.39 Å². The topological polar surface area (TPSA) is 53.1 Å². The smallest absolute Gasteiger partial charge is 0.384 e. The van der Waals surface area contributed by atoms with Crippen LogP contribution in [-0.4, -0.2) is 25.6 Å². The first-order valence-corrected chi connectivity index (χ1v) is 5.12. The number of benzene rings is 1. The molecule has 0 aliphatic carbocycles. The molecule has 0 aromatic heterocycles. The van der Waals surface area contributed by atoms with Crippen molar-refractivity contribution in [3.8, 4) is 0 Å². The van der Waals surface area contributed by atoms with E-state index in [2.05, 4.69) is 0 Å². The molecule has 3 N–H and O–H groups in total. The zero-order valence-electron chi connectivity index (χ0n) is 9.68. The van der Waals surface area contributed by atoms with Gasteiger partial charge >= 0.3 is 6.18 Å². The average Bonchev–Trinajstić information content (AvgIpc) is 2.24. The number of nitrogens with two attached hydrogens (primary N) is 1. The first kappa shape index (κ1) is 14.3. The predicted molar refractivity (Wildman–Crippen MR) is 61.4 cm³/mol. The number of nitrogens with zero attached hydrogens (tertiary/aromatic N) is 1. The summed E-state index contributed by atoms with van der Waals surface area (Å²) in [6, 6.07) is 3.73. The molecule has 0 saturated carbocycles. The summed E-state index contributed by atoms with van der Waals surface area (Å²) >= 11 is 0. The van der Waals surface area contributed by atoms with Crippen LogP contribution in [0, 0.1) is 11.2 Å². The molecule has 0 heterocycles. The molecule has 0 radical (unpaired) electrons. The Morgan fingerprint density at radius 1 is 1.39 bits per heavy atom. The zero-order chi connectivity index (χ0) is 13.9. The van der Waals surface area contributed by atoms with E-state index in [9.17, 15) is 17.6 Å². The molecular weight excluding hydrogens is 250 g/mol. The van der Waals surface area contributed by atoms with Gasteiger partial charge in [0.15, 0.2) is 0 Å². The quantitative estimate of drug-likeness (QED) is 0.498. The van der Waals surface area contributed by atoms with E-state index in [1.54, 1.807) is 0 Å². The van der Waals surface area contributed by atoms with Gasteiger partial charge in [-0.05, 0) is 18.2 Å².